The Morgan fingerprint density at radius 1 is 0.964 bits per heavy atom. The molecule has 0 unspecified atom stereocenters. The fourth-order valence-corrected chi connectivity index (χ4v) is 3.82. The van der Waals surface area contributed by atoms with Crippen molar-refractivity contribution in [1.29, 1.82) is 0 Å². The summed E-state index contributed by atoms with van der Waals surface area (Å²) in [6.07, 6.45) is 0.601. The van der Waals surface area contributed by atoms with E-state index in [1.165, 1.54) is 11.3 Å². The smallest absolute Gasteiger partial charge is 0.234 e. The number of methoxy groups -OCH3 is 2. The van der Waals surface area contributed by atoms with Crippen LogP contribution in [0.15, 0.2) is 42.5 Å². The predicted molar refractivity (Wildman–Crippen MR) is 111 cm³/mol. The molecule has 0 N–H and O–H groups in total. The summed E-state index contributed by atoms with van der Waals surface area (Å²) in [4.78, 5) is 2.85. The van der Waals surface area contributed by atoms with Crippen molar-refractivity contribution in [3.8, 4) is 22.1 Å². The zero-order chi connectivity index (χ0) is 19.7. The third-order valence-electron chi connectivity index (χ3n) is 4.50. The van der Waals surface area contributed by atoms with Crippen LogP contribution in [0.25, 0.3) is 15.5 Å². The van der Waals surface area contributed by atoms with Crippen LogP contribution in [0.3, 0.4) is 0 Å². The second kappa shape index (κ2) is 7.47. The first kappa shape index (κ1) is 18.2. The SMILES string of the molecule is COc1ccc(Cc2nnc3sc(-c4ccc(N(C)C)cc4)nn23)cc1OC. The van der Waals surface area contributed by atoms with Crippen molar-refractivity contribution in [1.82, 2.24) is 19.8 Å². The van der Waals surface area contributed by atoms with Crippen molar-refractivity contribution >= 4 is 22.0 Å². The molecule has 2 aromatic carbocycles. The fraction of sp³-hybridized carbons (Fsp3) is 0.250. The highest BCUT2D eigenvalue weighted by Gasteiger charge is 2.14. The lowest BCUT2D eigenvalue weighted by molar-refractivity contribution is 0.354. The molecule has 4 aromatic rings. The minimum absolute atomic E-state index is 0.601. The normalized spacial score (nSPS) is 11.0. The highest BCUT2D eigenvalue weighted by atomic mass is 32.1. The maximum atomic E-state index is 5.39. The van der Waals surface area contributed by atoms with Crippen molar-refractivity contribution in [2.45, 2.75) is 6.42 Å². The van der Waals surface area contributed by atoms with Crippen molar-refractivity contribution < 1.29 is 9.47 Å². The first-order valence-electron chi connectivity index (χ1n) is 8.79. The number of fused-ring (bicyclic) bond motifs is 1. The Kier molecular flexibility index (Phi) is 4.87. The first-order valence-corrected chi connectivity index (χ1v) is 9.60. The van der Waals surface area contributed by atoms with Crippen LogP contribution in [0.5, 0.6) is 11.5 Å². The van der Waals surface area contributed by atoms with Crippen LogP contribution in [0.1, 0.15) is 11.4 Å². The average Bonchev–Trinajstić information content (AvgIpc) is 3.30. The summed E-state index contributed by atoms with van der Waals surface area (Å²) in [7, 11) is 7.31. The van der Waals surface area contributed by atoms with Gasteiger partial charge in [-0.1, -0.05) is 17.4 Å². The second-order valence-corrected chi connectivity index (χ2v) is 7.48. The summed E-state index contributed by atoms with van der Waals surface area (Å²) >= 11 is 1.53. The molecule has 0 saturated heterocycles. The summed E-state index contributed by atoms with van der Waals surface area (Å²) in [5.41, 5.74) is 3.27. The molecule has 2 heterocycles. The Morgan fingerprint density at radius 2 is 1.71 bits per heavy atom. The van der Waals surface area contributed by atoms with Gasteiger partial charge in [0.05, 0.1) is 14.2 Å². The van der Waals surface area contributed by atoms with Gasteiger partial charge in [0.25, 0.3) is 0 Å². The number of ether oxygens (including phenoxy) is 2. The van der Waals surface area contributed by atoms with Gasteiger partial charge < -0.3 is 14.4 Å². The molecule has 8 heteroatoms. The van der Waals surface area contributed by atoms with Crippen LogP contribution < -0.4 is 14.4 Å². The molecular weight excluding hydrogens is 374 g/mol. The van der Waals surface area contributed by atoms with Gasteiger partial charge in [-0.25, -0.2) is 0 Å². The van der Waals surface area contributed by atoms with Crippen LogP contribution in [-0.2, 0) is 6.42 Å². The van der Waals surface area contributed by atoms with Crippen LogP contribution in [0.2, 0.25) is 0 Å². The Balaban J connectivity index is 1.63. The monoisotopic (exact) mass is 395 g/mol. The highest BCUT2D eigenvalue weighted by molar-refractivity contribution is 7.19. The highest BCUT2D eigenvalue weighted by Crippen LogP contribution is 2.30. The van der Waals surface area contributed by atoms with Crippen molar-refractivity contribution in [2.24, 2.45) is 0 Å². The Bertz CT molecular complexity index is 1100. The molecule has 0 spiro atoms. The number of hydrogen-bond acceptors (Lipinski definition) is 7. The summed E-state index contributed by atoms with van der Waals surface area (Å²) in [6.45, 7) is 0. The lowest BCUT2D eigenvalue weighted by Crippen LogP contribution is -2.07. The summed E-state index contributed by atoms with van der Waals surface area (Å²) in [5, 5.41) is 14.2. The third-order valence-corrected chi connectivity index (χ3v) is 5.44. The number of anilines is 1. The molecule has 0 radical (unpaired) electrons. The number of benzene rings is 2. The topological polar surface area (TPSA) is 64.8 Å². The van der Waals surface area contributed by atoms with Gasteiger partial charge in [0.15, 0.2) is 17.3 Å². The first-order chi connectivity index (χ1) is 13.6. The summed E-state index contributed by atoms with van der Waals surface area (Å²) < 4.78 is 12.5. The number of nitrogens with zero attached hydrogens (tertiary/aromatic N) is 5. The molecule has 0 amide bonds. The van der Waals surface area contributed by atoms with Gasteiger partial charge >= 0.3 is 0 Å². The van der Waals surface area contributed by atoms with E-state index in [0.29, 0.717) is 17.9 Å². The maximum absolute atomic E-state index is 5.39. The number of rotatable bonds is 6. The standard InChI is InChI=1S/C20H21N5O2S/c1-24(2)15-8-6-14(7-9-15)19-23-25-18(21-22-20(25)28-19)12-13-5-10-16(26-3)17(11-13)27-4/h5-11H,12H2,1-4H3. The van der Waals surface area contributed by atoms with Crippen LogP contribution >= 0.6 is 11.3 Å². The van der Waals surface area contributed by atoms with Gasteiger partial charge in [0.2, 0.25) is 4.96 Å². The molecule has 0 atom stereocenters. The molecule has 0 saturated carbocycles. The van der Waals surface area contributed by atoms with E-state index in [1.807, 2.05) is 36.8 Å². The molecule has 0 fully saturated rings. The quantitative estimate of drug-likeness (QED) is 0.498. The van der Waals surface area contributed by atoms with Gasteiger partial charge in [-0.2, -0.15) is 9.61 Å². The minimum atomic E-state index is 0.601. The Hall–Kier alpha value is -3.13. The molecule has 28 heavy (non-hydrogen) atoms. The number of aromatic nitrogens is 4. The van der Waals surface area contributed by atoms with Gasteiger partial charge in [-0.3, -0.25) is 0 Å². The fourth-order valence-electron chi connectivity index (χ4n) is 2.96. The predicted octanol–water partition coefficient (Wildman–Crippen LogP) is 3.53. The average molecular weight is 395 g/mol. The molecule has 0 bridgehead atoms. The van der Waals surface area contributed by atoms with E-state index in [1.54, 1.807) is 14.2 Å². The molecular formula is C20H21N5O2S. The second-order valence-electron chi connectivity index (χ2n) is 6.53. The summed E-state index contributed by atoms with van der Waals surface area (Å²) in [5.74, 6) is 2.19. The van der Waals surface area contributed by atoms with Crippen LogP contribution in [-0.4, -0.2) is 48.1 Å². The van der Waals surface area contributed by atoms with Gasteiger partial charge in [0, 0.05) is 31.8 Å². The Morgan fingerprint density at radius 3 is 2.39 bits per heavy atom. The molecule has 0 aliphatic rings. The van der Waals surface area contributed by atoms with Crippen molar-refractivity contribution in [3.05, 3.63) is 53.9 Å². The zero-order valence-corrected chi connectivity index (χ0v) is 17.0. The van der Waals surface area contributed by atoms with Crippen molar-refractivity contribution in [2.75, 3.05) is 33.2 Å². The third kappa shape index (κ3) is 3.38. The van der Waals surface area contributed by atoms with E-state index < -0.39 is 0 Å². The Labute approximate surface area is 167 Å². The molecule has 2 aromatic heterocycles. The molecule has 0 aliphatic carbocycles. The van der Waals surface area contributed by atoms with E-state index in [4.69, 9.17) is 14.6 Å². The molecule has 4 rings (SSSR count). The van der Waals surface area contributed by atoms with E-state index in [0.717, 1.165) is 32.6 Å². The van der Waals surface area contributed by atoms with Crippen LogP contribution in [0, 0.1) is 0 Å². The van der Waals surface area contributed by atoms with E-state index >= 15 is 0 Å². The molecule has 144 valence electrons. The maximum Gasteiger partial charge on any atom is 0.234 e. The van der Waals surface area contributed by atoms with E-state index in [2.05, 4.69) is 39.4 Å². The molecule has 7 nitrogen and oxygen atoms in total. The number of hydrogen-bond donors (Lipinski definition) is 0. The zero-order valence-electron chi connectivity index (χ0n) is 16.2. The van der Waals surface area contributed by atoms with E-state index in [9.17, 15) is 0 Å². The van der Waals surface area contributed by atoms with Crippen LogP contribution in [0.4, 0.5) is 5.69 Å². The largest absolute Gasteiger partial charge is 0.493 e. The van der Waals surface area contributed by atoms with E-state index in [-0.39, 0.29) is 0 Å². The van der Waals surface area contributed by atoms with Gasteiger partial charge in [-0.15, -0.1) is 10.2 Å². The van der Waals surface area contributed by atoms with Gasteiger partial charge in [-0.05, 0) is 42.0 Å². The minimum Gasteiger partial charge on any atom is -0.493 e. The summed E-state index contributed by atoms with van der Waals surface area (Å²) in [6, 6.07) is 14.2. The van der Waals surface area contributed by atoms with Gasteiger partial charge in [0.1, 0.15) is 5.01 Å². The van der Waals surface area contributed by atoms with Crippen molar-refractivity contribution in [3.63, 3.8) is 0 Å². The molecule has 0 aliphatic heterocycles. The lowest BCUT2D eigenvalue weighted by Gasteiger charge is -2.11. The lowest BCUT2D eigenvalue weighted by atomic mass is 10.1.